The van der Waals surface area contributed by atoms with E-state index in [1.165, 1.54) is 18.0 Å². The summed E-state index contributed by atoms with van der Waals surface area (Å²) in [6, 6.07) is 10.3. The molecular formula is C18H24N4O. The Balaban J connectivity index is 1.86. The quantitative estimate of drug-likeness (QED) is 0.674. The van der Waals surface area contributed by atoms with E-state index in [0.29, 0.717) is 12.2 Å². The molecule has 0 bridgehead atoms. The summed E-state index contributed by atoms with van der Waals surface area (Å²) in [5.74, 6) is 0. The van der Waals surface area contributed by atoms with E-state index >= 15 is 0 Å². The highest BCUT2D eigenvalue weighted by Gasteiger charge is 2.34. The summed E-state index contributed by atoms with van der Waals surface area (Å²) in [5.41, 5.74) is 14.3. The van der Waals surface area contributed by atoms with E-state index < -0.39 is 0 Å². The SMILES string of the molecule is C=C(NCC1=NOC(C)(Cc2ccccc2)C1)C(/C=C\N)=C/N. The maximum absolute atomic E-state index is 5.67. The zero-order valence-corrected chi connectivity index (χ0v) is 13.5. The summed E-state index contributed by atoms with van der Waals surface area (Å²) < 4.78 is 0. The molecule has 1 heterocycles. The molecule has 0 saturated carbocycles. The third-order valence-electron chi connectivity index (χ3n) is 3.70. The van der Waals surface area contributed by atoms with Gasteiger partial charge in [-0.15, -0.1) is 0 Å². The highest BCUT2D eigenvalue weighted by molar-refractivity contribution is 5.88. The number of rotatable bonds is 7. The van der Waals surface area contributed by atoms with Gasteiger partial charge >= 0.3 is 0 Å². The van der Waals surface area contributed by atoms with Gasteiger partial charge in [0.1, 0.15) is 5.60 Å². The molecule has 0 spiro atoms. The van der Waals surface area contributed by atoms with Crippen molar-refractivity contribution in [3.8, 4) is 0 Å². The van der Waals surface area contributed by atoms with Gasteiger partial charge in [0.05, 0.1) is 12.3 Å². The zero-order valence-electron chi connectivity index (χ0n) is 13.5. The van der Waals surface area contributed by atoms with E-state index in [9.17, 15) is 0 Å². The summed E-state index contributed by atoms with van der Waals surface area (Å²) in [7, 11) is 0. The van der Waals surface area contributed by atoms with Crippen molar-refractivity contribution in [1.82, 2.24) is 5.32 Å². The first-order valence-electron chi connectivity index (χ1n) is 7.57. The van der Waals surface area contributed by atoms with Crippen molar-refractivity contribution in [3.63, 3.8) is 0 Å². The summed E-state index contributed by atoms with van der Waals surface area (Å²) in [6.45, 7) is 6.59. The highest BCUT2D eigenvalue weighted by atomic mass is 16.7. The van der Waals surface area contributed by atoms with Gasteiger partial charge in [-0.05, 0) is 24.8 Å². The molecule has 122 valence electrons. The van der Waals surface area contributed by atoms with E-state index in [-0.39, 0.29) is 5.60 Å². The van der Waals surface area contributed by atoms with Crippen LogP contribution in [0.1, 0.15) is 18.9 Å². The minimum absolute atomic E-state index is 0.302. The molecular weight excluding hydrogens is 288 g/mol. The fourth-order valence-corrected chi connectivity index (χ4v) is 2.56. The topological polar surface area (TPSA) is 85.7 Å². The normalized spacial score (nSPS) is 21.1. The maximum atomic E-state index is 5.67. The summed E-state index contributed by atoms with van der Waals surface area (Å²) in [4.78, 5) is 5.67. The lowest BCUT2D eigenvalue weighted by molar-refractivity contribution is -0.00283. The molecule has 5 heteroatoms. The molecule has 23 heavy (non-hydrogen) atoms. The lowest BCUT2D eigenvalue weighted by Gasteiger charge is -2.21. The van der Waals surface area contributed by atoms with Crippen LogP contribution >= 0.6 is 0 Å². The molecule has 1 aromatic rings. The molecule has 0 radical (unpaired) electrons. The lowest BCUT2D eigenvalue weighted by atomic mass is 9.91. The maximum Gasteiger partial charge on any atom is 0.144 e. The van der Waals surface area contributed by atoms with Crippen molar-refractivity contribution in [3.05, 3.63) is 72.2 Å². The molecule has 1 atom stereocenters. The molecule has 1 unspecified atom stereocenters. The number of nitrogens with zero attached hydrogens (tertiary/aromatic N) is 1. The molecule has 1 aliphatic heterocycles. The second kappa shape index (κ2) is 7.54. The van der Waals surface area contributed by atoms with Gasteiger partial charge in [-0.3, -0.25) is 0 Å². The monoisotopic (exact) mass is 312 g/mol. The number of oxime groups is 1. The number of nitrogens with two attached hydrogens (primary N) is 2. The average molecular weight is 312 g/mol. The first-order valence-corrected chi connectivity index (χ1v) is 7.57. The Morgan fingerprint density at radius 2 is 2.13 bits per heavy atom. The van der Waals surface area contributed by atoms with Crippen molar-refractivity contribution in [2.24, 2.45) is 16.6 Å². The lowest BCUT2D eigenvalue weighted by Crippen LogP contribution is -2.30. The van der Waals surface area contributed by atoms with Crippen LogP contribution in [0.2, 0.25) is 0 Å². The van der Waals surface area contributed by atoms with Crippen LogP contribution in [0, 0.1) is 0 Å². The van der Waals surface area contributed by atoms with Crippen LogP contribution in [0.25, 0.3) is 0 Å². The molecule has 0 saturated heterocycles. The number of nitrogens with one attached hydrogen (secondary N) is 1. The van der Waals surface area contributed by atoms with E-state index in [4.69, 9.17) is 16.3 Å². The van der Waals surface area contributed by atoms with Crippen LogP contribution in [0.3, 0.4) is 0 Å². The second-order valence-electron chi connectivity index (χ2n) is 5.85. The number of allylic oxidation sites excluding steroid dienone is 1. The van der Waals surface area contributed by atoms with E-state index in [1.54, 1.807) is 6.08 Å². The predicted octanol–water partition coefficient (Wildman–Crippen LogP) is 2.18. The van der Waals surface area contributed by atoms with Crippen LogP contribution in [0.4, 0.5) is 0 Å². The van der Waals surface area contributed by atoms with Gasteiger partial charge < -0.3 is 21.6 Å². The Bertz CT molecular complexity index is 634. The van der Waals surface area contributed by atoms with Crippen molar-refractivity contribution in [2.75, 3.05) is 6.54 Å². The Morgan fingerprint density at radius 3 is 2.78 bits per heavy atom. The van der Waals surface area contributed by atoms with Gasteiger partial charge in [0, 0.05) is 30.3 Å². The van der Waals surface area contributed by atoms with Crippen molar-refractivity contribution in [1.29, 1.82) is 0 Å². The Morgan fingerprint density at radius 1 is 1.39 bits per heavy atom. The summed E-state index contributed by atoms with van der Waals surface area (Å²) in [5, 5.41) is 7.41. The average Bonchev–Trinajstić information content (AvgIpc) is 2.92. The van der Waals surface area contributed by atoms with Gasteiger partial charge in [0.2, 0.25) is 0 Å². The molecule has 0 fully saturated rings. The van der Waals surface area contributed by atoms with E-state index in [0.717, 1.165) is 24.1 Å². The largest absolute Gasteiger partial charge is 0.405 e. The minimum Gasteiger partial charge on any atom is -0.405 e. The van der Waals surface area contributed by atoms with E-state index in [1.807, 2.05) is 18.2 Å². The summed E-state index contributed by atoms with van der Waals surface area (Å²) >= 11 is 0. The first-order chi connectivity index (χ1) is 11.1. The Kier molecular flexibility index (Phi) is 5.46. The number of hydrogen-bond acceptors (Lipinski definition) is 5. The van der Waals surface area contributed by atoms with Crippen LogP contribution in [0.15, 0.2) is 71.8 Å². The third kappa shape index (κ3) is 4.64. The molecule has 2 rings (SSSR count). The fraction of sp³-hybridized carbons (Fsp3) is 0.278. The third-order valence-corrected chi connectivity index (χ3v) is 3.70. The van der Waals surface area contributed by atoms with Crippen LogP contribution in [-0.2, 0) is 11.3 Å². The molecule has 1 aromatic carbocycles. The molecule has 1 aliphatic rings. The Labute approximate surface area is 137 Å². The van der Waals surface area contributed by atoms with Crippen molar-refractivity contribution < 1.29 is 4.84 Å². The van der Waals surface area contributed by atoms with Crippen molar-refractivity contribution in [2.45, 2.75) is 25.4 Å². The molecule has 5 nitrogen and oxygen atoms in total. The van der Waals surface area contributed by atoms with E-state index in [2.05, 4.69) is 36.1 Å². The second-order valence-corrected chi connectivity index (χ2v) is 5.85. The smallest absolute Gasteiger partial charge is 0.144 e. The number of hydrogen-bond donors (Lipinski definition) is 3. The number of benzene rings is 1. The zero-order chi connectivity index (χ0) is 16.7. The molecule has 0 aromatic heterocycles. The molecule has 5 N–H and O–H groups in total. The minimum atomic E-state index is -0.302. The van der Waals surface area contributed by atoms with Crippen LogP contribution in [-0.4, -0.2) is 17.9 Å². The van der Waals surface area contributed by atoms with Gasteiger partial charge in [-0.2, -0.15) is 0 Å². The van der Waals surface area contributed by atoms with Gasteiger partial charge in [-0.1, -0.05) is 42.1 Å². The first kappa shape index (κ1) is 16.7. The highest BCUT2D eigenvalue weighted by Crippen LogP contribution is 2.27. The summed E-state index contributed by atoms with van der Waals surface area (Å²) in [6.07, 6.45) is 6.19. The van der Waals surface area contributed by atoms with Crippen LogP contribution in [0.5, 0.6) is 0 Å². The standard InChI is InChI=1S/C18H24N4O/c1-14(16(12-20)8-9-19)21-13-17-11-18(2,23-22-17)10-15-6-4-3-5-7-15/h3-9,12,21H,1,10-11,13,19-20H2,2H3/b9-8-,16-12+. The van der Waals surface area contributed by atoms with Gasteiger partial charge in [-0.25, -0.2) is 0 Å². The predicted molar refractivity (Wildman–Crippen MR) is 94.4 cm³/mol. The van der Waals surface area contributed by atoms with Gasteiger partial charge in [0.25, 0.3) is 0 Å². The van der Waals surface area contributed by atoms with Crippen LogP contribution < -0.4 is 16.8 Å². The fourth-order valence-electron chi connectivity index (χ4n) is 2.56. The van der Waals surface area contributed by atoms with Crippen molar-refractivity contribution >= 4 is 5.71 Å². The Hall–Kier alpha value is -2.69. The molecule has 0 aliphatic carbocycles. The molecule has 0 amide bonds. The van der Waals surface area contributed by atoms with Gasteiger partial charge in [0.15, 0.2) is 0 Å².